The SMILES string of the molecule is CCc1ccc(-n2cccc(C(=O)O)c2=O)cc1. The topological polar surface area (TPSA) is 59.3 Å². The number of aryl methyl sites for hydroxylation is 1. The predicted octanol–water partition coefficient (Wildman–Crippen LogP) is 2.10. The smallest absolute Gasteiger partial charge is 0.341 e. The van der Waals surface area contributed by atoms with E-state index in [1.54, 1.807) is 12.3 Å². The minimum atomic E-state index is -1.21. The lowest BCUT2D eigenvalue weighted by Gasteiger charge is -2.07. The van der Waals surface area contributed by atoms with Crippen LogP contribution in [0.25, 0.3) is 5.69 Å². The van der Waals surface area contributed by atoms with Crippen LogP contribution in [0.3, 0.4) is 0 Å². The molecule has 0 atom stereocenters. The second kappa shape index (κ2) is 4.87. The maximum absolute atomic E-state index is 11.9. The lowest BCUT2D eigenvalue weighted by atomic mass is 10.1. The van der Waals surface area contributed by atoms with Crippen molar-refractivity contribution in [2.24, 2.45) is 0 Å². The van der Waals surface area contributed by atoms with Gasteiger partial charge in [0.2, 0.25) is 0 Å². The van der Waals surface area contributed by atoms with Gasteiger partial charge in [-0.1, -0.05) is 19.1 Å². The summed E-state index contributed by atoms with van der Waals surface area (Å²) in [6, 6.07) is 10.3. The molecule has 0 fully saturated rings. The Kier molecular flexibility index (Phi) is 3.28. The maximum atomic E-state index is 11.9. The molecule has 0 bridgehead atoms. The molecule has 2 aromatic rings. The molecule has 4 heteroatoms. The quantitative estimate of drug-likeness (QED) is 0.898. The van der Waals surface area contributed by atoms with E-state index >= 15 is 0 Å². The van der Waals surface area contributed by atoms with Crippen LogP contribution in [-0.2, 0) is 6.42 Å². The second-order valence-electron chi connectivity index (χ2n) is 3.92. The number of hydrogen-bond donors (Lipinski definition) is 1. The van der Waals surface area contributed by atoms with Crippen molar-refractivity contribution < 1.29 is 9.90 Å². The lowest BCUT2D eigenvalue weighted by Crippen LogP contribution is -2.24. The summed E-state index contributed by atoms with van der Waals surface area (Å²) >= 11 is 0. The molecule has 2 rings (SSSR count). The largest absolute Gasteiger partial charge is 0.477 e. The molecule has 0 aliphatic heterocycles. The van der Waals surface area contributed by atoms with Gasteiger partial charge in [-0.15, -0.1) is 0 Å². The average molecular weight is 243 g/mol. The Labute approximate surface area is 104 Å². The number of hydrogen-bond acceptors (Lipinski definition) is 2. The summed E-state index contributed by atoms with van der Waals surface area (Å²) in [5, 5.41) is 8.91. The summed E-state index contributed by atoms with van der Waals surface area (Å²) in [7, 11) is 0. The molecule has 18 heavy (non-hydrogen) atoms. The van der Waals surface area contributed by atoms with Crippen molar-refractivity contribution in [2.45, 2.75) is 13.3 Å². The number of pyridine rings is 1. The number of carboxylic acid groups (broad SMARTS) is 1. The summed E-state index contributed by atoms with van der Waals surface area (Å²) in [6.07, 6.45) is 2.49. The van der Waals surface area contributed by atoms with Gasteiger partial charge in [-0.25, -0.2) is 4.79 Å². The molecule has 1 aromatic heterocycles. The zero-order valence-electron chi connectivity index (χ0n) is 9.96. The highest BCUT2D eigenvalue weighted by molar-refractivity contribution is 5.87. The second-order valence-corrected chi connectivity index (χ2v) is 3.92. The van der Waals surface area contributed by atoms with Crippen molar-refractivity contribution in [2.75, 3.05) is 0 Å². The van der Waals surface area contributed by atoms with Crippen molar-refractivity contribution in [3.05, 3.63) is 64.1 Å². The van der Waals surface area contributed by atoms with Crippen LogP contribution in [0.15, 0.2) is 47.4 Å². The summed E-state index contributed by atoms with van der Waals surface area (Å²) in [4.78, 5) is 22.8. The van der Waals surface area contributed by atoms with Gasteiger partial charge in [0.25, 0.3) is 5.56 Å². The van der Waals surface area contributed by atoms with Gasteiger partial charge < -0.3 is 5.11 Å². The minimum Gasteiger partial charge on any atom is -0.477 e. The Morgan fingerprint density at radius 1 is 1.22 bits per heavy atom. The summed E-state index contributed by atoms with van der Waals surface area (Å²) in [6.45, 7) is 2.05. The lowest BCUT2D eigenvalue weighted by molar-refractivity contribution is 0.0694. The van der Waals surface area contributed by atoms with Gasteiger partial charge >= 0.3 is 5.97 Å². The van der Waals surface area contributed by atoms with Crippen molar-refractivity contribution in [1.29, 1.82) is 0 Å². The van der Waals surface area contributed by atoms with E-state index in [1.807, 2.05) is 31.2 Å². The average Bonchev–Trinajstić information content (AvgIpc) is 2.39. The Bertz CT molecular complexity index is 626. The number of aromatic nitrogens is 1. The van der Waals surface area contributed by atoms with Crippen LogP contribution in [-0.4, -0.2) is 15.6 Å². The molecule has 1 heterocycles. The first-order chi connectivity index (χ1) is 8.63. The summed E-state index contributed by atoms with van der Waals surface area (Å²) < 4.78 is 1.34. The first-order valence-corrected chi connectivity index (χ1v) is 5.67. The summed E-state index contributed by atoms with van der Waals surface area (Å²) in [5.74, 6) is -1.21. The number of carbonyl (C=O) groups is 1. The number of carboxylic acids is 1. The van der Waals surface area contributed by atoms with Gasteiger partial charge in [-0.2, -0.15) is 0 Å². The highest BCUT2D eigenvalue weighted by Gasteiger charge is 2.10. The van der Waals surface area contributed by atoms with Crippen LogP contribution in [0.4, 0.5) is 0 Å². The van der Waals surface area contributed by atoms with Crippen LogP contribution in [0, 0.1) is 0 Å². The van der Waals surface area contributed by atoms with Crippen LogP contribution < -0.4 is 5.56 Å². The van der Waals surface area contributed by atoms with Crippen molar-refractivity contribution in [3.8, 4) is 5.69 Å². The third-order valence-corrected chi connectivity index (χ3v) is 2.80. The molecule has 4 nitrogen and oxygen atoms in total. The predicted molar refractivity (Wildman–Crippen MR) is 68.4 cm³/mol. The minimum absolute atomic E-state index is 0.225. The van der Waals surface area contributed by atoms with Gasteiger partial charge in [-0.3, -0.25) is 9.36 Å². The number of nitrogens with zero attached hydrogens (tertiary/aromatic N) is 1. The monoisotopic (exact) mass is 243 g/mol. The van der Waals surface area contributed by atoms with Crippen LogP contribution in [0.1, 0.15) is 22.8 Å². The highest BCUT2D eigenvalue weighted by Crippen LogP contribution is 2.08. The molecule has 0 aliphatic carbocycles. The Morgan fingerprint density at radius 3 is 2.44 bits per heavy atom. The summed E-state index contributed by atoms with van der Waals surface area (Å²) in [5.41, 5.74) is 1.09. The molecule has 0 unspecified atom stereocenters. The Hall–Kier alpha value is -2.36. The molecular weight excluding hydrogens is 230 g/mol. The zero-order valence-corrected chi connectivity index (χ0v) is 9.96. The van der Waals surface area contributed by atoms with Gasteiger partial charge in [-0.05, 0) is 36.2 Å². The third-order valence-electron chi connectivity index (χ3n) is 2.80. The van der Waals surface area contributed by atoms with E-state index in [2.05, 4.69) is 0 Å². The highest BCUT2D eigenvalue weighted by atomic mass is 16.4. The first-order valence-electron chi connectivity index (χ1n) is 5.67. The van der Waals surface area contributed by atoms with E-state index in [4.69, 9.17) is 5.11 Å². The Balaban J connectivity index is 2.53. The zero-order chi connectivity index (χ0) is 13.1. The number of rotatable bonds is 3. The van der Waals surface area contributed by atoms with Crippen molar-refractivity contribution in [3.63, 3.8) is 0 Å². The van der Waals surface area contributed by atoms with Gasteiger partial charge in [0, 0.05) is 11.9 Å². The fourth-order valence-corrected chi connectivity index (χ4v) is 1.75. The van der Waals surface area contributed by atoms with Gasteiger partial charge in [0.15, 0.2) is 0 Å². The van der Waals surface area contributed by atoms with Crippen LogP contribution >= 0.6 is 0 Å². The fourth-order valence-electron chi connectivity index (χ4n) is 1.75. The molecule has 0 radical (unpaired) electrons. The molecule has 0 saturated heterocycles. The van der Waals surface area contributed by atoms with E-state index in [9.17, 15) is 9.59 Å². The van der Waals surface area contributed by atoms with Crippen LogP contribution in [0.2, 0.25) is 0 Å². The molecule has 0 amide bonds. The van der Waals surface area contributed by atoms with E-state index in [-0.39, 0.29) is 5.56 Å². The van der Waals surface area contributed by atoms with E-state index in [1.165, 1.54) is 16.2 Å². The van der Waals surface area contributed by atoms with E-state index < -0.39 is 11.5 Å². The van der Waals surface area contributed by atoms with E-state index in [0.29, 0.717) is 5.69 Å². The molecule has 0 saturated carbocycles. The van der Waals surface area contributed by atoms with Crippen molar-refractivity contribution >= 4 is 5.97 Å². The number of benzene rings is 1. The molecule has 0 aliphatic rings. The molecule has 1 aromatic carbocycles. The molecular formula is C14H13NO3. The van der Waals surface area contributed by atoms with Gasteiger partial charge in [0.1, 0.15) is 5.56 Å². The normalized spacial score (nSPS) is 10.3. The molecule has 92 valence electrons. The first kappa shape index (κ1) is 12.1. The van der Waals surface area contributed by atoms with Crippen LogP contribution in [0.5, 0.6) is 0 Å². The van der Waals surface area contributed by atoms with E-state index in [0.717, 1.165) is 6.42 Å². The molecule has 1 N–H and O–H groups in total. The Morgan fingerprint density at radius 2 is 1.89 bits per heavy atom. The standard InChI is InChI=1S/C14H13NO3/c1-2-10-5-7-11(8-6-10)15-9-3-4-12(13(15)16)14(17)18/h3-9H,2H2,1H3,(H,17,18). The van der Waals surface area contributed by atoms with Crippen molar-refractivity contribution in [1.82, 2.24) is 4.57 Å². The van der Waals surface area contributed by atoms with Gasteiger partial charge in [0.05, 0.1) is 0 Å². The third kappa shape index (κ3) is 2.18. The fraction of sp³-hybridized carbons (Fsp3) is 0.143. The number of aromatic carboxylic acids is 1. The molecule has 0 spiro atoms. The maximum Gasteiger partial charge on any atom is 0.341 e.